The molecule has 2 aromatic rings. The third kappa shape index (κ3) is 4.51. The summed E-state index contributed by atoms with van der Waals surface area (Å²) in [6.07, 6.45) is 0.884. The van der Waals surface area contributed by atoms with Crippen molar-refractivity contribution in [2.24, 2.45) is 0 Å². The van der Waals surface area contributed by atoms with Gasteiger partial charge in [-0.3, -0.25) is 4.79 Å². The van der Waals surface area contributed by atoms with Crippen LogP contribution < -0.4 is 14.8 Å². The SMILES string of the molecule is CN(C)C(CNC(=O)c1ccc2c(c1)OCCO2)Cc1ccccc1. The van der Waals surface area contributed by atoms with Gasteiger partial charge >= 0.3 is 0 Å². The Morgan fingerprint density at radius 3 is 2.52 bits per heavy atom. The molecule has 1 heterocycles. The van der Waals surface area contributed by atoms with Crippen molar-refractivity contribution in [1.82, 2.24) is 10.2 Å². The Labute approximate surface area is 148 Å². The maximum Gasteiger partial charge on any atom is 0.251 e. The van der Waals surface area contributed by atoms with Crippen LogP contribution in [0.5, 0.6) is 11.5 Å². The molecule has 0 aliphatic carbocycles. The van der Waals surface area contributed by atoms with Gasteiger partial charge in [0.1, 0.15) is 13.2 Å². The summed E-state index contributed by atoms with van der Waals surface area (Å²) in [5, 5.41) is 3.03. The largest absolute Gasteiger partial charge is 0.486 e. The predicted molar refractivity (Wildman–Crippen MR) is 97.4 cm³/mol. The molecule has 2 aromatic carbocycles. The van der Waals surface area contributed by atoms with Gasteiger partial charge < -0.3 is 19.7 Å². The van der Waals surface area contributed by atoms with Crippen molar-refractivity contribution in [2.45, 2.75) is 12.5 Å². The lowest BCUT2D eigenvalue weighted by Crippen LogP contribution is -2.41. The average Bonchev–Trinajstić information content (AvgIpc) is 2.65. The van der Waals surface area contributed by atoms with Crippen molar-refractivity contribution in [1.29, 1.82) is 0 Å². The summed E-state index contributed by atoms with van der Waals surface area (Å²) >= 11 is 0. The van der Waals surface area contributed by atoms with Gasteiger partial charge in [-0.2, -0.15) is 0 Å². The number of fused-ring (bicyclic) bond motifs is 1. The van der Waals surface area contributed by atoms with Crippen LogP contribution in [0.1, 0.15) is 15.9 Å². The molecule has 1 aliphatic heterocycles. The topological polar surface area (TPSA) is 50.8 Å². The quantitative estimate of drug-likeness (QED) is 0.877. The van der Waals surface area contributed by atoms with Gasteiger partial charge in [-0.05, 0) is 44.3 Å². The Balaban J connectivity index is 1.61. The molecule has 1 amide bonds. The van der Waals surface area contributed by atoms with E-state index in [9.17, 15) is 4.79 Å². The second kappa shape index (κ2) is 8.03. The number of benzene rings is 2. The molecule has 0 radical (unpaired) electrons. The van der Waals surface area contributed by atoms with E-state index in [0.29, 0.717) is 36.8 Å². The number of amides is 1. The zero-order valence-corrected chi connectivity index (χ0v) is 14.7. The molecule has 0 aromatic heterocycles. The van der Waals surface area contributed by atoms with Crippen LogP contribution >= 0.6 is 0 Å². The number of likely N-dealkylation sites (N-methyl/N-ethyl adjacent to an activating group) is 1. The minimum atomic E-state index is -0.100. The van der Waals surface area contributed by atoms with E-state index in [2.05, 4.69) is 22.3 Å². The van der Waals surface area contributed by atoms with Gasteiger partial charge in [0.25, 0.3) is 5.91 Å². The van der Waals surface area contributed by atoms with Crippen molar-refractivity contribution in [3.05, 3.63) is 59.7 Å². The van der Waals surface area contributed by atoms with Crippen LogP contribution in [0.2, 0.25) is 0 Å². The highest BCUT2D eigenvalue weighted by molar-refractivity contribution is 5.94. The zero-order chi connectivity index (χ0) is 17.6. The van der Waals surface area contributed by atoms with Crippen molar-refractivity contribution >= 4 is 5.91 Å². The molecule has 0 bridgehead atoms. The fourth-order valence-electron chi connectivity index (χ4n) is 2.82. The first-order valence-corrected chi connectivity index (χ1v) is 8.51. The molecule has 1 unspecified atom stereocenters. The van der Waals surface area contributed by atoms with Gasteiger partial charge in [0.15, 0.2) is 11.5 Å². The number of hydrogen-bond acceptors (Lipinski definition) is 4. The van der Waals surface area contributed by atoms with Crippen molar-refractivity contribution in [2.75, 3.05) is 33.9 Å². The van der Waals surface area contributed by atoms with Gasteiger partial charge in [0, 0.05) is 18.2 Å². The van der Waals surface area contributed by atoms with Crippen LogP contribution in [0.3, 0.4) is 0 Å². The van der Waals surface area contributed by atoms with Crippen LogP contribution in [-0.2, 0) is 6.42 Å². The van der Waals surface area contributed by atoms with E-state index in [4.69, 9.17) is 9.47 Å². The normalized spacial score (nSPS) is 14.2. The van der Waals surface area contributed by atoms with Gasteiger partial charge in [-0.15, -0.1) is 0 Å². The lowest BCUT2D eigenvalue weighted by atomic mass is 10.0. The second-order valence-corrected chi connectivity index (χ2v) is 6.38. The lowest BCUT2D eigenvalue weighted by Gasteiger charge is -2.25. The maximum absolute atomic E-state index is 12.5. The van der Waals surface area contributed by atoms with E-state index in [1.165, 1.54) is 5.56 Å². The second-order valence-electron chi connectivity index (χ2n) is 6.38. The molecular formula is C20H24N2O3. The fourth-order valence-corrected chi connectivity index (χ4v) is 2.82. The number of carbonyl (C=O) groups excluding carboxylic acids is 1. The number of carbonyl (C=O) groups is 1. The summed E-state index contributed by atoms with van der Waals surface area (Å²) in [5.74, 6) is 1.22. The molecular weight excluding hydrogens is 316 g/mol. The van der Waals surface area contributed by atoms with Gasteiger partial charge in [0.2, 0.25) is 0 Å². The Morgan fingerprint density at radius 1 is 1.08 bits per heavy atom. The number of nitrogens with one attached hydrogen (secondary N) is 1. The minimum Gasteiger partial charge on any atom is -0.486 e. The summed E-state index contributed by atoms with van der Waals surface area (Å²) in [6.45, 7) is 1.63. The van der Waals surface area contributed by atoms with Crippen LogP contribution in [0.4, 0.5) is 0 Å². The lowest BCUT2D eigenvalue weighted by molar-refractivity contribution is 0.0940. The van der Waals surface area contributed by atoms with E-state index < -0.39 is 0 Å². The summed E-state index contributed by atoms with van der Waals surface area (Å²) in [6, 6.07) is 15.8. The van der Waals surface area contributed by atoms with Crippen molar-refractivity contribution in [3.63, 3.8) is 0 Å². The first kappa shape index (κ1) is 17.3. The van der Waals surface area contributed by atoms with E-state index >= 15 is 0 Å². The van der Waals surface area contributed by atoms with Crippen LogP contribution in [-0.4, -0.2) is 50.7 Å². The fraction of sp³-hybridized carbons (Fsp3) is 0.350. The molecule has 1 aliphatic rings. The summed E-state index contributed by atoms with van der Waals surface area (Å²) < 4.78 is 11.0. The van der Waals surface area contributed by atoms with Gasteiger partial charge in [-0.25, -0.2) is 0 Å². The summed E-state index contributed by atoms with van der Waals surface area (Å²) in [4.78, 5) is 14.6. The minimum absolute atomic E-state index is 0.100. The van der Waals surface area contributed by atoms with Crippen LogP contribution in [0.25, 0.3) is 0 Å². The van der Waals surface area contributed by atoms with Crippen molar-refractivity contribution in [3.8, 4) is 11.5 Å². The highest BCUT2D eigenvalue weighted by atomic mass is 16.6. The number of rotatable bonds is 6. The Hall–Kier alpha value is -2.53. The van der Waals surface area contributed by atoms with Crippen molar-refractivity contribution < 1.29 is 14.3 Å². The molecule has 0 spiro atoms. The zero-order valence-electron chi connectivity index (χ0n) is 14.7. The first-order valence-electron chi connectivity index (χ1n) is 8.51. The molecule has 3 rings (SSSR count). The molecule has 5 heteroatoms. The number of ether oxygens (including phenoxy) is 2. The average molecular weight is 340 g/mol. The highest BCUT2D eigenvalue weighted by Gasteiger charge is 2.17. The number of hydrogen-bond donors (Lipinski definition) is 1. The van der Waals surface area contributed by atoms with Crippen LogP contribution in [0, 0.1) is 0 Å². The summed E-state index contributed by atoms with van der Waals surface area (Å²) in [7, 11) is 4.06. The van der Waals surface area contributed by atoms with E-state index in [-0.39, 0.29) is 11.9 Å². The molecule has 132 valence electrons. The van der Waals surface area contributed by atoms with Gasteiger partial charge in [-0.1, -0.05) is 30.3 Å². The van der Waals surface area contributed by atoms with E-state index in [1.807, 2.05) is 32.3 Å². The third-order valence-electron chi connectivity index (χ3n) is 4.35. The Morgan fingerprint density at radius 2 is 1.80 bits per heavy atom. The standard InChI is InChI=1S/C20H24N2O3/c1-22(2)17(12-15-6-4-3-5-7-15)14-21-20(23)16-8-9-18-19(13-16)25-11-10-24-18/h3-9,13,17H,10-12,14H2,1-2H3,(H,21,23). The molecule has 1 atom stereocenters. The molecule has 0 saturated heterocycles. The maximum atomic E-state index is 12.5. The van der Waals surface area contributed by atoms with Gasteiger partial charge in [0.05, 0.1) is 0 Å². The molecule has 25 heavy (non-hydrogen) atoms. The smallest absolute Gasteiger partial charge is 0.251 e. The Bertz CT molecular complexity index is 716. The molecule has 0 fully saturated rings. The first-order chi connectivity index (χ1) is 12.1. The molecule has 1 N–H and O–H groups in total. The molecule has 0 saturated carbocycles. The third-order valence-corrected chi connectivity index (χ3v) is 4.35. The Kier molecular flexibility index (Phi) is 5.56. The van der Waals surface area contributed by atoms with Crippen LogP contribution in [0.15, 0.2) is 48.5 Å². The summed E-state index contributed by atoms with van der Waals surface area (Å²) in [5.41, 5.74) is 1.84. The highest BCUT2D eigenvalue weighted by Crippen LogP contribution is 2.30. The van der Waals surface area contributed by atoms with E-state index in [0.717, 1.165) is 6.42 Å². The monoisotopic (exact) mass is 340 g/mol. The molecule has 5 nitrogen and oxygen atoms in total. The van der Waals surface area contributed by atoms with E-state index in [1.54, 1.807) is 18.2 Å². The predicted octanol–water partition coefficient (Wildman–Crippen LogP) is 2.36. The number of nitrogens with zero attached hydrogens (tertiary/aromatic N) is 1.